The second kappa shape index (κ2) is 10.0. The van der Waals surface area contributed by atoms with Gasteiger partial charge in [0.1, 0.15) is 0 Å². The lowest BCUT2D eigenvalue weighted by Gasteiger charge is -2.44. The number of nitrogens with one attached hydrogen (secondary N) is 1. The summed E-state index contributed by atoms with van der Waals surface area (Å²) in [6.45, 7) is 1.42. The van der Waals surface area contributed by atoms with Gasteiger partial charge in [-0.15, -0.1) is 5.10 Å². The van der Waals surface area contributed by atoms with Crippen LogP contribution in [0.4, 0.5) is 33.7 Å². The predicted octanol–water partition coefficient (Wildman–Crippen LogP) is 4.05. The Morgan fingerprint density at radius 1 is 1.09 bits per heavy atom. The maximum absolute atomic E-state index is 13.4. The van der Waals surface area contributed by atoms with Gasteiger partial charge in [-0.2, -0.15) is 18.2 Å². The molecule has 2 aliphatic rings. The largest absolute Gasteiger partial charge is 0.471 e. The molecule has 4 aromatic rings. The summed E-state index contributed by atoms with van der Waals surface area (Å²) in [5.41, 5.74) is 5.92. The van der Waals surface area contributed by atoms with Crippen molar-refractivity contribution in [2.45, 2.75) is 54.9 Å². The van der Waals surface area contributed by atoms with Crippen LogP contribution in [0.25, 0.3) is 22.8 Å². The monoisotopic (exact) mass is 639 g/mol. The summed E-state index contributed by atoms with van der Waals surface area (Å²) in [4.78, 5) is 17.7. The van der Waals surface area contributed by atoms with Gasteiger partial charge in [0.2, 0.25) is 17.6 Å². The third-order valence-electron chi connectivity index (χ3n) is 7.17. The molecular formula is C26H22F5N7O5S. The van der Waals surface area contributed by atoms with Crippen LogP contribution in [0.1, 0.15) is 31.2 Å². The highest BCUT2D eigenvalue weighted by atomic mass is 32.2. The average molecular weight is 640 g/mol. The van der Waals surface area contributed by atoms with Crippen LogP contribution in [-0.4, -0.2) is 57.9 Å². The van der Waals surface area contributed by atoms with Crippen LogP contribution in [0.15, 0.2) is 56.3 Å². The number of fused-ring (bicyclic) bond motifs is 1. The number of anilines is 2. The number of rotatable bonds is 6. The van der Waals surface area contributed by atoms with Gasteiger partial charge in [-0.3, -0.25) is 4.79 Å². The molecule has 44 heavy (non-hydrogen) atoms. The van der Waals surface area contributed by atoms with E-state index in [1.165, 1.54) is 47.4 Å². The first kappa shape index (κ1) is 29.6. The third-order valence-corrected chi connectivity index (χ3v) is 8.98. The van der Waals surface area contributed by atoms with Crippen molar-refractivity contribution < 1.29 is 44.1 Å². The summed E-state index contributed by atoms with van der Waals surface area (Å²) < 4.78 is 101. The van der Waals surface area contributed by atoms with Crippen molar-refractivity contribution in [3.05, 3.63) is 53.9 Å². The number of hydrogen-bond donors (Lipinski definition) is 2. The number of alkyl halides is 5. The van der Waals surface area contributed by atoms with E-state index in [0.29, 0.717) is 5.56 Å². The van der Waals surface area contributed by atoms with E-state index in [2.05, 4.69) is 30.2 Å². The Hall–Kier alpha value is -4.45. The Morgan fingerprint density at radius 2 is 1.77 bits per heavy atom. The van der Waals surface area contributed by atoms with Crippen LogP contribution in [0.2, 0.25) is 0 Å². The molecule has 3 heterocycles. The molecule has 1 saturated carbocycles. The van der Waals surface area contributed by atoms with E-state index >= 15 is 0 Å². The zero-order chi connectivity index (χ0) is 31.7. The van der Waals surface area contributed by atoms with Crippen molar-refractivity contribution in [1.29, 1.82) is 0 Å². The first-order valence-corrected chi connectivity index (χ1v) is 14.6. The topological polar surface area (TPSA) is 170 Å². The molecule has 1 atom stereocenters. The summed E-state index contributed by atoms with van der Waals surface area (Å²) >= 11 is 0. The lowest BCUT2D eigenvalue weighted by atomic mass is 9.75. The number of carbonyl (C=O) groups is 1. The van der Waals surface area contributed by atoms with Gasteiger partial charge >= 0.3 is 18.1 Å². The number of amides is 1. The van der Waals surface area contributed by atoms with Crippen molar-refractivity contribution >= 4 is 27.4 Å². The highest BCUT2D eigenvalue weighted by molar-refractivity contribution is 7.91. The van der Waals surface area contributed by atoms with Gasteiger partial charge in [0.15, 0.2) is 9.84 Å². The minimum atomic E-state index is -4.81. The Labute approximate surface area is 245 Å². The molecular weight excluding hydrogens is 617 g/mol. The highest BCUT2D eigenvalue weighted by Crippen LogP contribution is 2.47. The lowest BCUT2D eigenvalue weighted by molar-refractivity contribution is -0.159. The number of benzene rings is 2. The van der Waals surface area contributed by atoms with Gasteiger partial charge in [-0.05, 0) is 30.7 Å². The van der Waals surface area contributed by atoms with Crippen LogP contribution in [0.3, 0.4) is 0 Å². The Bertz CT molecular complexity index is 1850. The molecule has 3 N–H and O–H groups in total. The molecule has 2 aromatic carbocycles. The minimum Gasteiger partial charge on any atom is -0.403 e. The number of sulfone groups is 1. The second-order valence-electron chi connectivity index (χ2n) is 10.9. The number of nitrogens with zero attached hydrogens (tertiary/aromatic N) is 5. The average Bonchev–Trinajstić information content (AvgIpc) is 3.59. The Balaban J connectivity index is 1.30. The molecule has 6 rings (SSSR count). The number of hydrogen-bond acceptors (Lipinski definition) is 11. The molecule has 2 aromatic heterocycles. The fourth-order valence-corrected chi connectivity index (χ4v) is 6.79. The SMILES string of the molecule is CC1(Nc2nnc(-c3ccc4c(c3)N(Cc3ccc(-c5noc(C(F)(F)F)n5)cc3)C(=O)[C@@H](N)CS4(=O)=O)o2)CC(F)(F)C1. The maximum atomic E-state index is 13.4. The Morgan fingerprint density at radius 3 is 2.41 bits per heavy atom. The first-order chi connectivity index (χ1) is 20.5. The molecule has 1 aliphatic carbocycles. The molecule has 12 nitrogen and oxygen atoms in total. The van der Waals surface area contributed by atoms with E-state index in [1.54, 1.807) is 6.92 Å². The van der Waals surface area contributed by atoms with E-state index < -0.39 is 63.9 Å². The van der Waals surface area contributed by atoms with Gasteiger partial charge in [-0.1, -0.05) is 34.5 Å². The van der Waals surface area contributed by atoms with E-state index in [-0.39, 0.29) is 46.0 Å². The van der Waals surface area contributed by atoms with Crippen molar-refractivity contribution in [1.82, 2.24) is 20.3 Å². The second-order valence-corrected chi connectivity index (χ2v) is 12.9. The van der Waals surface area contributed by atoms with Crippen LogP contribution in [0, 0.1) is 0 Å². The number of carbonyl (C=O) groups excluding carboxylic acids is 1. The molecule has 0 radical (unpaired) electrons. The minimum absolute atomic E-state index is 0.0178. The maximum Gasteiger partial charge on any atom is 0.471 e. The standard InChI is InChI=1S/C26H22F5N7O5S/c1-24(11-25(27,28)12-24)34-23-36-35-20(42-23)15-6-7-18-17(8-15)38(21(39)16(32)10-44(18,40)41)9-13-2-4-14(5-3-13)19-33-22(43-37-19)26(29,30)31/h2-8,16H,9-12,32H2,1H3,(H,34,36)/t16-/m0/s1. The molecule has 18 heteroatoms. The molecule has 0 saturated heterocycles. The zero-order valence-electron chi connectivity index (χ0n) is 22.6. The molecule has 0 bridgehead atoms. The molecule has 1 amide bonds. The fourth-order valence-electron chi connectivity index (χ4n) is 5.23. The summed E-state index contributed by atoms with van der Waals surface area (Å²) in [6.07, 6.45) is -5.65. The molecule has 1 aliphatic heterocycles. The van der Waals surface area contributed by atoms with Crippen molar-refractivity contribution in [2.75, 3.05) is 16.0 Å². The van der Waals surface area contributed by atoms with E-state index in [0.717, 1.165) is 0 Å². The summed E-state index contributed by atoms with van der Waals surface area (Å²) in [6, 6.07) is 8.39. The third kappa shape index (κ3) is 5.61. The number of halogens is 5. The van der Waals surface area contributed by atoms with Crippen LogP contribution in [-0.2, 0) is 27.4 Å². The van der Waals surface area contributed by atoms with Gasteiger partial charge in [-0.25, -0.2) is 17.2 Å². The van der Waals surface area contributed by atoms with Crippen molar-refractivity contribution in [3.63, 3.8) is 0 Å². The number of nitrogens with two attached hydrogens (primary N) is 1. The zero-order valence-corrected chi connectivity index (χ0v) is 23.4. The van der Waals surface area contributed by atoms with Gasteiger partial charge in [0.05, 0.1) is 34.5 Å². The van der Waals surface area contributed by atoms with Gasteiger partial charge in [0, 0.05) is 24.0 Å². The summed E-state index contributed by atoms with van der Waals surface area (Å²) in [7, 11) is -4.02. The van der Waals surface area contributed by atoms with Gasteiger partial charge < -0.3 is 24.9 Å². The molecule has 1 fully saturated rings. The summed E-state index contributed by atoms with van der Waals surface area (Å²) in [5.74, 6) is -6.01. The van der Waals surface area contributed by atoms with Crippen LogP contribution < -0.4 is 16.0 Å². The quantitative estimate of drug-likeness (QED) is 0.292. The predicted molar refractivity (Wildman–Crippen MR) is 142 cm³/mol. The lowest BCUT2D eigenvalue weighted by Crippen LogP contribution is -2.54. The molecule has 232 valence electrons. The van der Waals surface area contributed by atoms with Crippen LogP contribution in [0.5, 0.6) is 0 Å². The van der Waals surface area contributed by atoms with Gasteiger partial charge in [0.25, 0.3) is 5.92 Å². The van der Waals surface area contributed by atoms with E-state index in [9.17, 15) is 35.2 Å². The van der Waals surface area contributed by atoms with E-state index in [1.807, 2.05) is 0 Å². The Kier molecular flexibility index (Phi) is 6.76. The van der Waals surface area contributed by atoms with E-state index in [4.69, 9.17) is 10.2 Å². The number of aromatic nitrogens is 4. The van der Waals surface area contributed by atoms with Crippen molar-refractivity contribution in [3.8, 4) is 22.8 Å². The summed E-state index contributed by atoms with van der Waals surface area (Å²) in [5, 5.41) is 13.9. The normalized spacial score (nSPS) is 20.5. The first-order valence-electron chi connectivity index (χ1n) is 13.0. The smallest absolute Gasteiger partial charge is 0.403 e. The molecule has 0 unspecified atom stereocenters. The van der Waals surface area contributed by atoms with Crippen LogP contribution >= 0.6 is 0 Å². The molecule has 0 spiro atoms. The fraction of sp³-hybridized carbons (Fsp3) is 0.346. The van der Waals surface area contributed by atoms with Crippen molar-refractivity contribution in [2.24, 2.45) is 5.73 Å². The highest BCUT2D eigenvalue weighted by Gasteiger charge is 2.54.